The first-order chi connectivity index (χ1) is 10.4. The first kappa shape index (κ1) is 15.8. The lowest BCUT2D eigenvalue weighted by molar-refractivity contribution is 0.0601. The normalized spacial score (nSPS) is 10.8. The van der Waals surface area contributed by atoms with Crippen molar-refractivity contribution in [2.75, 3.05) is 14.2 Å². The van der Waals surface area contributed by atoms with Crippen LogP contribution >= 0.6 is 0 Å². The Kier molecular flexibility index (Phi) is 4.65. The van der Waals surface area contributed by atoms with Gasteiger partial charge in [0.15, 0.2) is 0 Å². The molecule has 7 nitrogen and oxygen atoms in total. The van der Waals surface area contributed by atoms with Crippen LogP contribution in [-0.4, -0.2) is 47.1 Å². The third kappa shape index (κ3) is 3.36. The van der Waals surface area contributed by atoms with Gasteiger partial charge in [-0.25, -0.2) is 14.6 Å². The van der Waals surface area contributed by atoms with Crippen molar-refractivity contribution in [2.45, 2.75) is 26.4 Å². The Morgan fingerprint density at radius 1 is 1.41 bits per heavy atom. The van der Waals surface area contributed by atoms with Gasteiger partial charge in [-0.3, -0.25) is 0 Å². The second kappa shape index (κ2) is 6.46. The number of benzene rings is 1. The van der Waals surface area contributed by atoms with Crippen LogP contribution in [0.3, 0.4) is 0 Å². The fourth-order valence-corrected chi connectivity index (χ4v) is 1.91. The number of H-pyrrole nitrogens is 1. The fourth-order valence-electron chi connectivity index (χ4n) is 1.91. The summed E-state index contributed by atoms with van der Waals surface area (Å²) in [5.74, 6) is 0.229. The Labute approximate surface area is 128 Å². The predicted molar refractivity (Wildman–Crippen MR) is 82.6 cm³/mol. The van der Waals surface area contributed by atoms with Gasteiger partial charge in [-0.05, 0) is 32.0 Å². The number of hydrogen-bond acceptors (Lipinski definition) is 4. The van der Waals surface area contributed by atoms with Gasteiger partial charge in [0.1, 0.15) is 5.82 Å². The van der Waals surface area contributed by atoms with Crippen molar-refractivity contribution in [1.29, 1.82) is 0 Å². The molecule has 0 radical (unpaired) electrons. The maximum Gasteiger partial charge on any atom is 0.337 e. The van der Waals surface area contributed by atoms with E-state index in [1.807, 2.05) is 13.8 Å². The molecule has 2 N–H and O–H groups in total. The van der Waals surface area contributed by atoms with Gasteiger partial charge in [0.2, 0.25) is 0 Å². The Morgan fingerprint density at radius 2 is 2.14 bits per heavy atom. The van der Waals surface area contributed by atoms with E-state index in [9.17, 15) is 9.59 Å². The van der Waals surface area contributed by atoms with Crippen molar-refractivity contribution in [3.05, 3.63) is 29.6 Å². The zero-order valence-corrected chi connectivity index (χ0v) is 13.1. The Morgan fingerprint density at radius 3 is 2.77 bits per heavy atom. The van der Waals surface area contributed by atoms with Gasteiger partial charge in [0.25, 0.3) is 0 Å². The Hall–Kier alpha value is -2.57. The second-order valence-corrected chi connectivity index (χ2v) is 5.27. The molecule has 0 aliphatic heterocycles. The third-order valence-electron chi connectivity index (χ3n) is 3.45. The van der Waals surface area contributed by atoms with E-state index in [1.54, 1.807) is 30.1 Å². The molecular weight excluding hydrogens is 284 g/mol. The predicted octanol–water partition coefficient (Wildman–Crippen LogP) is 1.90. The van der Waals surface area contributed by atoms with Crippen LogP contribution in [0.5, 0.6) is 0 Å². The molecular formula is C15H20N4O3. The number of aromatic amines is 1. The standard InChI is InChI=1S/C15H20N4O3/c1-9(2)19(3)15(21)16-8-13-17-11-6-5-10(14(20)22-4)7-12(11)18-13/h5-7,9H,8H2,1-4H3,(H,16,21)(H,17,18). The summed E-state index contributed by atoms with van der Waals surface area (Å²) in [5, 5.41) is 2.79. The number of carbonyl (C=O) groups excluding carboxylic acids is 2. The minimum atomic E-state index is -0.398. The molecule has 1 heterocycles. The number of ether oxygens (including phenoxy) is 1. The molecule has 7 heteroatoms. The van der Waals surface area contributed by atoms with Crippen LogP contribution in [0.4, 0.5) is 4.79 Å². The Balaban J connectivity index is 2.10. The smallest absolute Gasteiger partial charge is 0.337 e. The molecule has 0 spiro atoms. The zero-order valence-electron chi connectivity index (χ0n) is 13.1. The van der Waals surface area contributed by atoms with Crippen molar-refractivity contribution < 1.29 is 14.3 Å². The molecule has 1 aromatic heterocycles. The van der Waals surface area contributed by atoms with Gasteiger partial charge >= 0.3 is 12.0 Å². The van der Waals surface area contributed by atoms with Gasteiger partial charge in [-0.2, -0.15) is 0 Å². The molecule has 0 aliphatic carbocycles. The largest absolute Gasteiger partial charge is 0.465 e. The van der Waals surface area contributed by atoms with Gasteiger partial charge in [0.05, 0.1) is 30.3 Å². The topological polar surface area (TPSA) is 87.3 Å². The molecule has 0 saturated carbocycles. The van der Waals surface area contributed by atoms with Crippen LogP contribution in [0.2, 0.25) is 0 Å². The van der Waals surface area contributed by atoms with E-state index in [2.05, 4.69) is 20.0 Å². The van der Waals surface area contributed by atoms with Crippen molar-refractivity contribution >= 4 is 23.0 Å². The highest BCUT2D eigenvalue weighted by molar-refractivity contribution is 5.93. The van der Waals surface area contributed by atoms with E-state index < -0.39 is 5.97 Å². The number of imidazole rings is 1. The molecule has 2 aromatic rings. The molecule has 22 heavy (non-hydrogen) atoms. The fraction of sp³-hybridized carbons (Fsp3) is 0.400. The number of methoxy groups -OCH3 is 1. The summed E-state index contributed by atoms with van der Waals surface area (Å²) in [6, 6.07) is 5.04. The number of urea groups is 1. The number of hydrogen-bond donors (Lipinski definition) is 2. The van der Waals surface area contributed by atoms with Crippen LogP contribution < -0.4 is 5.32 Å². The van der Waals surface area contributed by atoms with Gasteiger partial charge in [0, 0.05) is 13.1 Å². The van der Waals surface area contributed by atoms with Crippen LogP contribution in [-0.2, 0) is 11.3 Å². The summed E-state index contributed by atoms with van der Waals surface area (Å²) in [6.45, 7) is 4.17. The van der Waals surface area contributed by atoms with Crippen molar-refractivity contribution in [2.24, 2.45) is 0 Å². The summed E-state index contributed by atoms with van der Waals surface area (Å²) in [7, 11) is 3.08. The lowest BCUT2D eigenvalue weighted by Crippen LogP contribution is -2.40. The second-order valence-electron chi connectivity index (χ2n) is 5.27. The zero-order chi connectivity index (χ0) is 16.3. The molecule has 0 aliphatic rings. The van der Waals surface area contributed by atoms with E-state index in [0.717, 1.165) is 11.0 Å². The number of nitrogens with one attached hydrogen (secondary N) is 2. The molecule has 0 saturated heterocycles. The van der Waals surface area contributed by atoms with Gasteiger partial charge in [-0.15, -0.1) is 0 Å². The average molecular weight is 304 g/mol. The molecule has 2 amide bonds. The minimum absolute atomic E-state index is 0.123. The molecule has 2 rings (SSSR count). The first-order valence-corrected chi connectivity index (χ1v) is 7.00. The van der Waals surface area contributed by atoms with E-state index in [1.165, 1.54) is 7.11 Å². The van der Waals surface area contributed by atoms with Crippen LogP contribution in [0.15, 0.2) is 18.2 Å². The highest BCUT2D eigenvalue weighted by Gasteiger charge is 2.13. The van der Waals surface area contributed by atoms with Crippen molar-refractivity contribution in [3.8, 4) is 0 Å². The number of aromatic nitrogens is 2. The highest BCUT2D eigenvalue weighted by atomic mass is 16.5. The van der Waals surface area contributed by atoms with Crippen LogP contribution in [0.25, 0.3) is 11.0 Å². The number of carbonyl (C=O) groups is 2. The summed E-state index contributed by atoms with van der Waals surface area (Å²) in [5.41, 5.74) is 1.91. The van der Waals surface area contributed by atoms with Crippen molar-refractivity contribution in [3.63, 3.8) is 0 Å². The highest BCUT2D eigenvalue weighted by Crippen LogP contribution is 2.14. The monoisotopic (exact) mass is 304 g/mol. The van der Waals surface area contributed by atoms with E-state index in [-0.39, 0.29) is 18.6 Å². The quantitative estimate of drug-likeness (QED) is 0.845. The van der Waals surface area contributed by atoms with Crippen LogP contribution in [0, 0.1) is 0 Å². The summed E-state index contributed by atoms with van der Waals surface area (Å²) < 4.78 is 4.68. The van der Waals surface area contributed by atoms with Crippen molar-refractivity contribution in [1.82, 2.24) is 20.2 Å². The third-order valence-corrected chi connectivity index (χ3v) is 3.45. The molecule has 118 valence electrons. The SMILES string of the molecule is COC(=O)c1ccc2nc(CNC(=O)N(C)C(C)C)[nH]c2c1. The molecule has 0 fully saturated rings. The average Bonchev–Trinajstić information content (AvgIpc) is 2.92. The molecule has 0 bridgehead atoms. The van der Waals surface area contributed by atoms with Crippen LogP contribution in [0.1, 0.15) is 30.0 Å². The summed E-state index contributed by atoms with van der Waals surface area (Å²) >= 11 is 0. The molecule has 0 atom stereocenters. The number of fused-ring (bicyclic) bond motifs is 1. The minimum Gasteiger partial charge on any atom is -0.465 e. The number of amides is 2. The maximum absolute atomic E-state index is 11.9. The Bertz CT molecular complexity index is 693. The molecule has 1 aromatic carbocycles. The first-order valence-electron chi connectivity index (χ1n) is 7.00. The van der Waals surface area contributed by atoms with E-state index in [4.69, 9.17) is 0 Å². The number of nitrogens with zero attached hydrogens (tertiary/aromatic N) is 2. The van der Waals surface area contributed by atoms with E-state index in [0.29, 0.717) is 11.4 Å². The summed E-state index contributed by atoms with van der Waals surface area (Å²) in [4.78, 5) is 32.4. The van der Waals surface area contributed by atoms with E-state index >= 15 is 0 Å². The maximum atomic E-state index is 11.9. The number of esters is 1. The lowest BCUT2D eigenvalue weighted by Gasteiger charge is -2.21. The lowest BCUT2D eigenvalue weighted by atomic mass is 10.2. The number of rotatable bonds is 4. The van der Waals surface area contributed by atoms with Gasteiger partial charge < -0.3 is 19.9 Å². The molecule has 0 unspecified atom stereocenters. The van der Waals surface area contributed by atoms with Gasteiger partial charge in [-0.1, -0.05) is 0 Å². The summed E-state index contributed by atoms with van der Waals surface area (Å²) in [6.07, 6.45) is 0.